The highest BCUT2D eigenvalue weighted by Crippen LogP contribution is 2.30. The number of allylic oxidation sites excluding steroid dienone is 5. The number of benzene rings is 2. The average Bonchev–Trinajstić information content (AvgIpc) is 3.01. The van der Waals surface area contributed by atoms with Crippen molar-refractivity contribution >= 4 is 11.6 Å². The van der Waals surface area contributed by atoms with Crippen molar-refractivity contribution in [3.8, 4) is 0 Å². The zero-order valence-electron chi connectivity index (χ0n) is 10.7. The molecule has 2 aromatic rings. The molecule has 1 aliphatic rings. The summed E-state index contributed by atoms with van der Waals surface area (Å²) in [5.74, 6) is 0.377. The van der Waals surface area contributed by atoms with E-state index in [1.54, 1.807) is 0 Å². The first kappa shape index (κ1) is 11.7. The summed E-state index contributed by atoms with van der Waals surface area (Å²) in [6.07, 6.45) is 11.0. The van der Waals surface area contributed by atoms with Crippen LogP contribution < -0.4 is 0 Å². The summed E-state index contributed by atoms with van der Waals surface area (Å²) in [5.41, 5.74) is 3.87. The summed E-state index contributed by atoms with van der Waals surface area (Å²) in [5, 5.41) is 0. The maximum Gasteiger partial charge on any atom is 0.0211 e. The monoisotopic (exact) mass is 244 g/mol. The van der Waals surface area contributed by atoms with Crippen molar-refractivity contribution in [1.29, 1.82) is 0 Å². The van der Waals surface area contributed by atoms with E-state index in [0.29, 0.717) is 5.92 Å². The van der Waals surface area contributed by atoms with Gasteiger partial charge in [-0.05, 0) is 16.7 Å². The normalized spacial score (nSPS) is 15.1. The Hall–Kier alpha value is -2.34. The Balaban J connectivity index is 2.04. The highest BCUT2D eigenvalue weighted by molar-refractivity contribution is 5.85. The molecule has 0 saturated carbocycles. The van der Waals surface area contributed by atoms with Crippen LogP contribution in [0.4, 0.5) is 0 Å². The number of hydrogen-bond donors (Lipinski definition) is 0. The van der Waals surface area contributed by atoms with Gasteiger partial charge in [0, 0.05) is 5.92 Å². The fourth-order valence-electron chi connectivity index (χ4n) is 2.37. The molecule has 0 spiro atoms. The smallest absolute Gasteiger partial charge is 0.0211 e. The molecule has 92 valence electrons. The van der Waals surface area contributed by atoms with Crippen LogP contribution in [-0.2, 0) is 0 Å². The molecule has 0 N–H and O–H groups in total. The molecule has 19 heavy (non-hydrogen) atoms. The fraction of sp³-hybridized carbons (Fsp3) is 0.0526. The van der Waals surface area contributed by atoms with Crippen molar-refractivity contribution in [2.75, 3.05) is 0 Å². The molecule has 3 rings (SSSR count). The second kappa shape index (κ2) is 5.53. The Morgan fingerprint density at radius 3 is 1.95 bits per heavy atom. The van der Waals surface area contributed by atoms with E-state index in [1.807, 2.05) is 0 Å². The molecule has 1 aliphatic carbocycles. The third kappa shape index (κ3) is 2.74. The van der Waals surface area contributed by atoms with E-state index < -0.39 is 0 Å². The Morgan fingerprint density at radius 2 is 1.32 bits per heavy atom. The molecular formula is C19H16. The Labute approximate surface area is 114 Å². The molecule has 0 heteroatoms. The molecule has 0 atom stereocenters. The molecule has 0 aromatic heterocycles. The van der Waals surface area contributed by atoms with Gasteiger partial charge in [0.15, 0.2) is 0 Å². The van der Waals surface area contributed by atoms with Crippen LogP contribution in [0.5, 0.6) is 0 Å². The predicted molar refractivity (Wildman–Crippen MR) is 82.5 cm³/mol. The van der Waals surface area contributed by atoms with Gasteiger partial charge in [0.2, 0.25) is 0 Å². The Morgan fingerprint density at radius 1 is 0.737 bits per heavy atom. The van der Waals surface area contributed by atoms with Crippen LogP contribution in [0.1, 0.15) is 11.1 Å². The van der Waals surface area contributed by atoms with Gasteiger partial charge >= 0.3 is 0 Å². The lowest BCUT2D eigenvalue weighted by Crippen LogP contribution is -1.95. The van der Waals surface area contributed by atoms with E-state index in [9.17, 15) is 0 Å². The molecule has 0 fully saturated rings. The minimum absolute atomic E-state index is 0.377. The van der Waals surface area contributed by atoms with Crippen LogP contribution in [0.2, 0.25) is 0 Å². The van der Waals surface area contributed by atoms with E-state index in [0.717, 1.165) is 0 Å². The van der Waals surface area contributed by atoms with Crippen molar-refractivity contribution < 1.29 is 0 Å². The van der Waals surface area contributed by atoms with Gasteiger partial charge in [0.05, 0.1) is 0 Å². The van der Waals surface area contributed by atoms with Gasteiger partial charge < -0.3 is 0 Å². The van der Waals surface area contributed by atoms with Crippen LogP contribution in [0.15, 0.2) is 85.0 Å². The van der Waals surface area contributed by atoms with Gasteiger partial charge in [0.25, 0.3) is 0 Å². The lowest BCUT2D eigenvalue weighted by molar-refractivity contribution is 1.12. The summed E-state index contributed by atoms with van der Waals surface area (Å²) in [6, 6.07) is 21.1. The minimum atomic E-state index is 0.377. The lowest BCUT2D eigenvalue weighted by atomic mass is 9.92. The Kier molecular flexibility index (Phi) is 3.42. The maximum atomic E-state index is 2.28. The predicted octanol–water partition coefficient (Wildman–Crippen LogP) is 4.97. The highest BCUT2D eigenvalue weighted by atomic mass is 14.2. The quantitative estimate of drug-likeness (QED) is 0.669. The van der Waals surface area contributed by atoms with Gasteiger partial charge in [-0.25, -0.2) is 0 Å². The molecule has 0 aliphatic heterocycles. The first-order valence-corrected chi connectivity index (χ1v) is 6.60. The van der Waals surface area contributed by atoms with Crippen molar-refractivity contribution in [1.82, 2.24) is 0 Å². The molecular weight excluding hydrogens is 228 g/mol. The maximum absolute atomic E-state index is 2.28. The van der Waals surface area contributed by atoms with Gasteiger partial charge in [-0.1, -0.05) is 91.0 Å². The van der Waals surface area contributed by atoms with Crippen molar-refractivity contribution in [2.45, 2.75) is 0 Å². The second-order valence-electron chi connectivity index (χ2n) is 4.67. The molecule has 0 amide bonds. The van der Waals surface area contributed by atoms with Crippen molar-refractivity contribution in [3.63, 3.8) is 0 Å². The van der Waals surface area contributed by atoms with Crippen molar-refractivity contribution in [3.05, 3.63) is 96.1 Å². The van der Waals surface area contributed by atoms with Crippen LogP contribution >= 0.6 is 0 Å². The Bertz CT molecular complexity index is 604. The zero-order chi connectivity index (χ0) is 12.9. The standard InChI is InChI=1S/C19H16/c1-3-9-16(10-4-1)15-19(18-13-7-8-14-18)17-11-5-2-6-12-17/h1-15,18H. The second-order valence-corrected chi connectivity index (χ2v) is 4.67. The minimum Gasteiger partial charge on any atom is -0.0732 e. The largest absolute Gasteiger partial charge is 0.0732 e. The van der Waals surface area contributed by atoms with Crippen LogP contribution in [0, 0.1) is 5.92 Å². The van der Waals surface area contributed by atoms with Gasteiger partial charge in [0.1, 0.15) is 0 Å². The molecule has 0 nitrogen and oxygen atoms in total. The average molecular weight is 244 g/mol. The fourth-order valence-corrected chi connectivity index (χ4v) is 2.37. The van der Waals surface area contributed by atoms with E-state index in [-0.39, 0.29) is 0 Å². The topological polar surface area (TPSA) is 0 Å². The summed E-state index contributed by atoms with van der Waals surface area (Å²) in [4.78, 5) is 0. The molecule has 0 bridgehead atoms. The molecule has 0 saturated heterocycles. The van der Waals surface area contributed by atoms with E-state index in [1.165, 1.54) is 16.7 Å². The van der Waals surface area contributed by atoms with Crippen molar-refractivity contribution in [2.24, 2.45) is 5.92 Å². The highest BCUT2D eigenvalue weighted by Gasteiger charge is 2.12. The molecule has 0 heterocycles. The summed E-state index contributed by atoms with van der Waals surface area (Å²) in [7, 11) is 0. The van der Waals surface area contributed by atoms with Crippen LogP contribution in [0.3, 0.4) is 0 Å². The molecule has 2 aromatic carbocycles. The first-order valence-electron chi connectivity index (χ1n) is 6.60. The summed E-state index contributed by atoms with van der Waals surface area (Å²) < 4.78 is 0. The lowest BCUT2D eigenvalue weighted by Gasteiger charge is -2.12. The summed E-state index contributed by atoms with van der Waals surface area (Å²) >= 11 is 0. The van der Waals surface area contributed by atoms with E-state index in [2.05, 4.69) is 91.0 Å². The third-order valence-electron chi connectivity index (χ3n) is 3.34. The van der Waals surface area contributed by atoms with Crippen LogP contribution in [0.25, 0.3) is 11.6 Å². The molecule has 0 unspecified atom stereocenters. The van der Waals surface area contributed by atoms with E-state index in [4.69, 9.17) is 0 Å². The first-order chi connectivity index (χ1) is 9.43. The zero-order valence-corrected chi connectivity index (χ0v) is 10.7. The molecule has 0 radical (unpaired) electrons. The van der Waals surface area contributed by atoms with E-state index >= 15 is 0 Å². The van der Waals surface area contributed by atoms with Crippen LogP contribution in [-0.4, -0.2) is 0 Å². The van der Waals surface area contributed by atoms with Gasteiger partial charge in [-0.15, -0.1) is 0 Å². The summed E-state index contributed by atoms with van der Waals surface area (Å²) in [6.45, 7) is 0. The number of rotatable bonds is 3. The van der Waals surface area contributed by atoms with Gasteiger partial charge in [-0.2, -0.15) is 0 Å². The third-order valence-corrected chi connectivity index (χ3v) is 3.34. The number of hydrogen-bond acceptors (Lipinski definition) is 0. The SMILES string of the molecule is C1=CC(C(=Cc2ccccc2)c2ccccc2)C=C1. The van der Waals surface area contributed by atoms with Gasteiger partial charge in [-0.3, -0.25) is 0 Å².